The Morgan fingerprint density at radius 1 is 1.25 bits per heavy atom. The lowest BCUT2D eigenvalue weighted by Crippen LogP contribution is -2.31. The fourth-order valence-electron chi connectivity index (χ4n) is 1.61. The number of hydrogen-bond acceptors (Lipinski definition) is 4. The van der Waals surface area contributed by atoms with Crippen LogP contribution in [0.1, 0.15) is 0 Å². The monoisotopic (exact) mass is 330 g/mol. The van der Waals surface area contributed by atoms with Crippen molar-refractivity contribution in [1.29, 1.82) is 0 Å². The molecule has 1 aromatic carbocycles. The third-order valence-corrected chi connectivity index (χ3v) is 3.14. The second-order valence-electron chi connectivity index (χ2n) is 3.83. The van der Waals surface area contributed by atoms with Crippen LogP contribution in [0.5, 0.6) is 0 Å². The molecule has 1 aromatic heterocycles. The van der Waals surface area contributed by atoms with Crippen molar-refractivity contribution in [3.8, 4) is 0 Å². The topological polar surface area (TPSA) is 72.1 Å². The second-order valence-corrected chi connectivity index (χ2v) is 5.01. The number of primary amides is 1. The van der Waals surface area contributed by atoms with E-state index in [4.69, 9.17) is 40.5 Å². The number of nitrogens with two attached hydrogens (primary N) is 1. The van der Waals surface area contributed by atoms with E-state index in [0.717, 1.165) is 0 Å². The van der Waals surface area contributed by atoms with Gasteiger partial charge in [-0.2, -0.15) is 0 Å². The number of aromatic nitrogens is 2. The van der Waals surface area contributed by atoms with Crippen LogP contribution in [0.15, 0.2) is 30.5 Å². The zero-order chi connectivity index (χ0) is 14.7. The van der Waals surface area contributed by atoms with E-state index >= 15 is 0 Å². The smallest absolute Gasteiger partial charge is 0.237 e. The van der Waals surface area contributed by atoms with Crippen molar-refractivity contribution in [2.75, 3.05) is 11.4 Å². The van der Waals surface area contributed by atoms with Crippen LogP contribution in [0.3, 0.4) is 0 Å². The van der Waals surface area contributed by atoms with Crippen LogP contribution in [-0.2, 0) is 4.79 Å². The summed E-state index contributed by atoms with van der Waals surface area (Å²) in [5.74, 6) is -0.149. The summed E-state index contributed by atoms with van der Waals surface area (Å²) in [6.45, 7) is -0.118. The molecule has 0 aliphatic carbocycles. The highest BCUT2D eigenvalue weighted by atomic mass is 35.5. The van der Waals surface area contributed by atoms with Gasteiger partial charge in [-0.3, -0.25) is 4.79 Å². The number of halogens is 3. The first-order valence-electron chi connectivity index (χ1n) is 5.47. The zero-order valence-electron chi connectivity index (χ0n) is 10.1. The maximum Gasteiger partial charge on any atom is 0.237 e. The number of carbonyl (C=O) groups excluding carboxylic acids is 1. The van der Waals surface area contributed by atoms with Crippen LogP contribution in [-0.4, -0.2) is 22.4 Å². The Labute approximate surface area is 130 Å². The lowest BCUT2D eigenvalue weighted by Gasteiger charge is -2.23. The minimum Gasteiger partial charge on any atom is -0.368 e. The van der Waals surface area contributed by atoms with Gasteiger partial charge in [0.15, 0.2) is 0 Å². The van der Waals surface area contributed by atoms with Gasteiger partial charge in [0, 0.05) is 11.2 Å². The molecule has 0 aliphatic rings. The number of hydrogen-bond donors (Lipinski definition) is 1. The first kappa shape index (κ1) is 14.8. The summed E-state index contributed by atoms with van der Waals surface area (Å²) in [5, 5.41) is 0.930. The molecule has 20 heavy (non-hydrogen) atoms. The van der Waals surface area contributed by atoms with Gasteiger partial charge in [0.25, 0.3) is 0 Å². The number of benzene rings is 1. The normalized spacial score (nSPS) is 10.3. The molecular formula is C12H9Cl3N4O. The van der Waals surface area contributed by atoms with Crippen molar-refractivity contribution in [2.24, 2.45) is 5.73 Å². The van der Waals surface area contributed by atoms with Crippen molar-refractivity contribution in [3.63, 3.8) is 0 Å². The van der Waals surface area contributed by atoms with Crippen molar-refractivity contribution in [1.82, 2.24) is 9.97 Å². The van der Waals surface area contributed by atoms with Crippen LogP contribution in [0.2, 0.25) is 15.3 Å². The molecule has 0 radical (unpaired) electrons. The van der Waals surface area contributed by atoms with Crippen molar-refractivity contribution in [2.45, 2.75) is 0 Å². The van der Waals surface area contributed by atoms with Gasteiger partial charge in [0.05, 0.1) is 10.7 Å². The highest BCUT2D eigenvalue weighted by Gasteiger charge is 2.17. The van der Waals surface area contributed by atoms with Crippen LogP contribution < -0.4 is 10.6 Å². The van der Waals surface area contributed by atoms with Gasteiger partial charge in [-0.05, 0) is 35.9 Å². The molecule has 2 aromatic rings. The molecule has 8 heteroatoms. The van der Waals surface area contributed by atoms with Gasteiger partial charge in [0.1, 0.15) is 12.4 Å². The molecule has 2 N–H and O–H groups in total. The largest absolute Gasteiger partial charge is 0.368 e. The molecule has 0 saturated carbocycles. The summed E-state index contributed by atoms with van der Waals surface area (Å²) in [7, 11) is 0. The molecule has 0 bridgehead atoms. The quantitative estimate of drug-likeness (QED) is 0.874. The van der Waals surface area contributed by atoms with Crippen LogP contribution >= 0.6 is 34.8 Å². The highest BCUT2D eigenvalue weighted by molar-refractivity contribution is 6.35. The molecule has 5 nitrogen and oxygen atoms in total. The Morgan fingerprint density at radius 3 is 2.65 bits per heavy atom. The summed E-state index contributed by atoms with van der Waals surface area (Å²) in [6, 6.07) is 6.47. The Balaban J connectivity index is 2.52. The maximum atomic E-state index is 11.3. The van der Waals surface area contributed by atoms with E-state index in [1.807, 2.05) is 0 Å². The number of rotatable bonds is 4. The van der Waals surface area contributed by atoms with Gasteiger partial charge < -0.3 is 10.6 Å². The Morgan fingerprint density at radius 2 is 2.00 bits per heavy atom. The molecule has 0 unspecified atom stereocenters. The van der Waals surface area contributed by atoms with Gasteiger partial charge in [-0.15, -0.1) is 0 Å². The first-order chi connectivity index (χ1) is 9.47. The lowest BCUT2D eigenvalue weighted by molar-refractivity contribution is -0.116. The molecule has 0 saturated heterocycles. The van der Waals surface area contributed by atoms with E-state index in [1.54, 1.807) is 24.3 Å². The number of amides is 1. The van der Waals surface area contributed by atoms with E-state index in [9.17, 15) is 4.79 Å². The Hall–Kier alpha value is -1.56. The number of anilines is 2. The van der Waals surface area contributed by atoms with Crippen molar-refractivity contribution >= 4 is 52.2 Å². The summed E-state index contributed by atoms with van der Waals surface area (Å²) in [5.41, 5.74) is 5.77. The number of nitrogens with zero attached hydrogens (tertiary/aromatic N) is 3. The average Bonchev–Trinajstić information content (AvgIpc) is 2.39. The molecule has 0 spiro atoms. The van der Waals surface area contributed by atoms with Crippen molar-refractivity contribution in [3.05, 3.63) is 45.8 Å². The van der Waals surface area contributed by atoms with Crippen LogP contribution in [0.4, 0.5) is 11.5 Å². The van der Waals surface area contributed by atoms with E-state index < -0.39 is 5.91 Å². The third kappa shape index (κ3) is 3.50. The van der Waals surface area contributed by atoms with Gasteiger partial charge in [0.2, 0.25) is 11.2 Å². The number of carbonyl (C=O) groups is 1. The molecular weight excluding hydrogens is 323 g/mol. The summed E-state index contributed by atoms with van der Waals surface area (Å²) in [6.07, 6.45) is 1.47. The highest BCUT2D eigenvalue weighted by Crippen LogP contribution is 2.33. The average molecular weight is 332 g/mol. The predicted octanol–water partition coefficient (Wildman–Crippen LogP) is 3.06. The van der Waals surface area contributed by atoms with Crippen LogP contribution in [0, 0.1) is 0 Å². The van der Waals surface area contributed by atoms with Gasteiger partial charge in [-0.1, -0.05) is 23.2 Å². The maximum absolute atomic E-state index is 11.3. The Bertz CT molecular complexity index is 650. The van der Waals surface area contributed by atoms with E-state index in [-0.39, 0.29) is 11.8 Å². The van der Waals surface area contributed by atoms with Crippen LogP contribution in [0.25, 0.3) is 0 Å². The molecule has 0 aliphatic heterocycles. The fourth-order valence-corrected chi connectivity index (χ4v) is 2.14. The lowest BCUT2D eigenvalue weighted by atomic mass is 10.2. The standard InChI is InChI=1S/C12H9Cl3N4O/c13-7-1-2-8(14)9(5-7)19(6-10(16)20)11-3-4-17-12(15)18-11/h1-5H,6H2,(H2,16,20). The van der Waals surface area contributed by atoms with E-state index in [0.29, 0.717) is 21.6 Å². The molecule has 0 fully saturated rings. The SMILES string of the molecule is NC(=O)CN(c1ccnc(Cl)n1)c1cc(Cl)ccc1Cl. The minimum atomic E-state index is -0.546. The molecule has 0 atom stereocenters. The predicted molar refractivity (Wildman–Crippen MR) is 79.7 cm³/mol. The first-order valence-corrected chi connectivity index (χ1v) is 6.60. The molecule has 1 amide bonds. The fraction of sp³-hybridized carbons (Fsp3) is 0.0833. The van der Waals surface area contributed by atoms with Crippen molar-refractivity contribution < 1.29 is 4.79 Å². The second kappa shape index (κ2) is 6.26. The third-order valence-electron chi connectivity index (χ3n) is 2.40. The van der Waals surface area contributed by atoms with E-state index in [1.165, 1.54) is 11.1 Å². The molecule has 104 valence electrons. The zero-order valence-corrected chi connectivity index (χ0v) is 12.3. The molecule has 1 heterocycles. The summed E-state index contributed by atoms with van der Waals surface area (Å²) < 4.78 is 0. The Kier molecular flexibility index (Phi) is 4.65. The summed E-state index contributed by atoms with van der Waals surface area (Å²) >= 11 is 17.9. The minimum absolute atomic E-state index is 0.0510. The van der Waals surface area contributed by atoms with E-state index in [2.05, 4.69) is 9.97 Å². The molecule has 2 rings (SSSR count). The van der Waals surface area contributed by atoms with Gasteiger partial charge >= 0.3 is 0 Å². The van der Waals surface area contributed by atoms with Gasteiger partial charge in [-0.25, -0.2) is 9.97 Å². The summed E-state index contributed by atoms with van der Waals surface area (Å²) in [4.78, 5) is 20.6.